The molecule has 102 valence electrons. The molecule has 1 aromatic heterocycles. The predicted octanol–water partition coefficient (Wildman–Crippen LogP) is 1.03. The molecular formula is C13H25N5. The topological polar surface area (TPSA) is 46.0 Å². The van der Waals surface area contributed by atoms with Crippen LogP contribution in [0.25, 0.3) is 0 Å². The van der Waals surface area contributed by atoms with Crippen molar-refractivity contribution in [3.05, 3.63) is 12.2 Å². The monoisotopic (exact) mass is 251 g/mol. The molecule has 1 aliphatic heterocycles. The van der Waals surface area contributed by atoms with E-state index in [1.165, 1.54) is 32.4 Å². The Morgan fingerprint density at radius 3 is 3.11 bits per heavy atom. The Morgan fingerprint density at radius 1 is 1.50 bits per heavy atom. The molecule has 0 saturated carbocycles. The van der Waals surface area contributed by atoms with Gasteiger partial charge in [0.15, 0.2) is 0 Å². The molecule has 0 amide bonds. The molecule has 0 bridgehead atoms. The highest BCUT2D eigenvalue weighted by Gasteiger charge is 2.20. The molecule has 0 radical (unpaired) electrons. The molecule has 1 unspecified atom stereocenters. The fourth-order valence-corrected chi connectivity index (χ4v) is 2.61. The highest BCUT2D eigenvalue weighted by Crippen LogP contribution is 2.17. The van der Waals surface area contributed by atoms with Crippen molar-refractivity contribution in [2.75, 3.05) is 26.2 Å². The third kappa shape index (κ3) is 3.78. The smallest absolute Gasteiger partial charge is 0.140 e. The van der Waals surface area contributed by atoms with Gasteiger partial charge in [0.2, 0.25) is 0 Å². The van der Waals surface area contributed by atoms with Crippen molar-refractivity contribution in [1.82, 2.24) is 25.0 Å². The predicted molar refractivity (Wildman–Crippen MR) is 72.2 cm³/mol. The van der Waals surface area contributed by atoms with Gasteiger partial charge in [-0.15, -0.1) is 0 Å². The summed E-state index contributed by atoms with van der Waals surface area (Å²) in [6, 6.07) is 0. The van der Waals surface area contributed by atoms with E-state index in [2.05, 4.69) is 27.2 Å². The number of nitrogens with zero attached hydrogens (tertiary/aromatic N) is 4. The summed E-state index contributed by atoms with van der Waals surface area (Å²) in [6.07, 6.45) is 5.51. The lowest BCUT2D eigenvalue weighted by Gasteiger charge is -2.32. The van der Waals surface area contributed by atoms with Gasteiger partial charge in [-0.3, -0.25) is 9.58 Å². The van der Waals surface area contributed by atoms with Crippen LogP contribution in [0.15, 0.2) is 6.33 Å². The van der Waals surface area contributed by atoms with E-state index >= 15 is 0 Å². The molecule has 1 aliphatic rings. The fourth-order valence-electron chi connectivity index (χ4n) is 2.61. The van der Waals surface area contributed by atoms with Gasteiger partial charge in [-0.1, -0.05) is 6.92 Å². The van der Waals surface area contributed by atoms with Gasteiger partial charge in [0.1, 0.15) is 12.2 Å². The van der Waals surface area contributed by atoms with Crippen LogP contribution in [0.1, 0.15) is 32.0 Å². The highest BCUT2D eigenvalue weighted by molar-refractivity contribution is 4.85. The van der Waals surface area contributed by atoms with Gasteiger partial charge < -0.3 is 5.32 Å². The van der Waals surface area contributed by atoms with Crippen molar-refractivity contribution in [3.63, 3.8) is 0 Å². The van der Waals surface area contributed by atoms with Crippen LogP contribution in [0, 0.1) is 5.92 Å². The van der Waals surface area contributed by atoms with E-state index in [0.717, 1.165) is 31.4 Å². The minimum Gasteiger partial charge on any atom is -0.316 e. The van der Waals surface area contributed by atoms with E-state index in [4.69, 9.17) is 0 Å². The number of likely N-dealkylation sites (tertiary alicyclic amines) is 1. The Bertz CT molecular complexity index is 349. The molecule has 1 N–H and O–H groups in total. The molecule has 1 aromatic rings. The van der Waals surface area contributed by atoms with E-state index in [1.54, 1.807) is 6.33 Å². The highest BCUT2D eigenvalue weighted by atomic mass is 15.3. The van der Waals surface area contributed by atoms with Gasteiger partial charge in [0.25, 0.3) is 0 Å². The lowest BCUT2D eigenvalue weighted by Crippen LogP contribution is -2.39. The van der Waals surface area contributed by atoms with Crippen molar-refractivity contribution >= 4 is 0 Å². The molecule has 2 rings (SSSR count). The van der Waals surface area contributed by atoms with E-state index in [0.29, 0.717) is 0 Å². The second-order valence-corrected chi connectivity index (χ2v) is 5.25. The number of aryl methyl sites for hydroxylation is 1. The Hall–Kier alpha value is -0.940. The quantitative estimate of drug-likeness (QED) is 0.767. The van der Waals surface area contributed by atoms with Crippen LogP contribution in [0.3, 0.4) is 0 Å². The van der Waals surface area contributed by atoms with Crippen molar-refractivity contribution in [3.8, 4) is 0 Å². The van der Waals surface area contributed by atoms with Crippen LogP contribution in [0.2, 0.25) is 0 Å². The van der Waals surface area contributed by atoms with E-state index in [-0.39, 0.29) is 0 Å². The molecular weight excluding hydrogens is 226 g/mol. The van der Waals surface area contributed by atoms with Crippen LogP contribution in [-0.4, -0.2) is 45.8 Å². The molecule has 1 saturated heterocycles. The minimum atomic E-state index is 0.790. The zero-order valence-corrected chi connectivity index (χ0v) is 11.6. The first-order valence-corrected chi connectivity index (χ1v) is 7.05. The lowest BCUT2D eigenvalue weighted by atomic mass is 9.98. The average Bonchev–Trinajstić information content (AvgIpc) is 2.76. The largest absolute Gasteiger partial charge is 0.316 e. The summed E-state index contributed by atoms with van der Waals surface area (Å²) in [4.78, 5) is 6.81. The van der Waals surface area contributed by atoms with E-state index < -0.39 is 0 Å². The molecule has 1 atom stereocenters. The summed E-state index contributed by atoms with van der Waals surface area (Å²) in [5.41, 5.74) is 0. The first kappa shape index (κ1) is 13.5. The van der Waals surface area contributed by atoms with Crippen molar-refractivity contribution in [2.45, 2.75) is 32.7 Å². The van der Waals surface area contributed by atoms with Gasteiger partial charge >= 0.3 is 0 Å². The van der Waals surface area contributed by atoms with E-state index in [1.807, 2.05) is 11.7 Å². The Balaban J connectivity index is 1.78. The molecule has 18 heavy (non-hydrogen) atoms. The Morgan fingerprint density at radius 2 is 2.39 bits per heavy atom. The van der Waals surface area contributed by atoms with Crippen LogP contribution in [0.5, 0.6) is 0 Å². The molecule has 0 aliphatic carbocycles. The van der Waals surface area contributed by atoms with E-state index in [9.17, 15) is 0 Å². The zero-order valence-electron chi connectivity index (χ0n) is 11.6. The second-order valence-electron chi connectivity index (χ2n) is 5.25. The molecule has 5 nitrogen and oxygen atoms in total. The number of aromatic nitrogens is 3. The summed E-state index contributed by atoms with van der Waals surface area (Å²) in [7, 11) is 1.96. The van der Waals surface area contributed by atoms with Crippen molar-refractivity contribution in [1.29, 1.82) is 0 Å². The van der Waals surface area contributed by atoms with Crippen LogP contribution in [-0.2, 0) is 13.6 Å². The molecule has 0 spiro atoms. The summed E-state index contributed by atoms with van der Waals surface area (Å²) < 4.78 is 1.87. The number of nitrogens with one attached hydrogen (secondary N) is 1. The fraction of sp³-hybridized carbons (Fsp3) is 0.846. The third-order valence-corrected chi connectivity index (χ3v) is 3.63. The Labute approximate surface area is 110 Å². The maximum atomic E-state index is 4.30. The average molecular weight is 251 g/mol. The molecule has 0 aromatic carbocycles. The standard InChI is InChI=1S/C13H25N5/c1-3-6-14-8-12-5-4-7-18(9-12)10-13-15-11-16-17(13)2/h11-12,14H,3-10H2,1-2H3. The van der Waals surface area contributed by atoms with Crippen LogP contribution < -0.4 is 5.32 Å². The van der Waals surface area contributed by atoms with Crippen LogP contribution in [0.4, 0.5) is 0 Å². The number of hydrogen-bond acceptors (Lipinski definition) is 4. The normalized spacial score (nSPS) is 21.3. The van der Waals surface area contributed by atoms with Crippen molar-refractivity contribution < 1.29 is 0 Å². The van der Waals surface area contributed by atoms with Gasteiger partial charge in [0.05, 0.1) is 6.54 Å². The summed E-state index contributed by atoms with van der Waals surface area (Å²) in [5, 5.41) is 7.66. The zero-order chi connectivity index (χ0) is 12.8. The third-order valence-electron chi connectivity index (χ3n) is 3.63. The molecule has 1 fully saturated rings. The molecule has 5 heteroatoms. The number of piperidine rings is 1. The number of hydrogen-bond donors (Lipinski definition) is 1. The van der Waals surface area contributed by atoms with Crippen LogP contribution >= 0.6 is 0 Å². The van der Waals surface area contributed by atoms with Gasteiger partial charge in [-0.2, -0.15) is 5.10 Å². The minimum absolute atomic E-state index is 0.790. The lowest BCUT2D eigenvalue weighted by molar-refractivity contribution is 0.160. The first-order valence-electron chi connectivity index (χ1n) is 7.05. The molecule has 2 heterocycles. The summed E-state index contributed by atoms with van der Waals surface area (Å²) in [6.45, 7) is 7.82. The maximum absolute atomic E-state index is 4.30. The second kappa shape index (κ2) is 6.85. The van der Waals surface area contributed by atoms with Gasteiger partial charge in [-0.25, -0.2) is 4.98 Å². The SMILES string of the molecule is CCCNCC1CCCN(Cc2ncnn2C)C1. The summed E-state index contributed by atoms with van der Waals surface area (Å²) >= 11 is 0. The number of rotatable bonds is 6. The Kier molecular flexibility index (Phi) is 5.13. The summed E-state index contributed by atoms with van der Waals surface area (Å²) in [5.74, 6) is 1.86. The van der Waals surface area contributed by atoms with Gasteiger partial charge in [-0.05, 0) is 44.8 Å². The maximum Gasteiger partial charge on any atom is 0.140 e. The van der Waals surface area contributed by atoms with Gasteiger partial charge in [0, 0.05) is 13.6 Å². The van der Waals surface area contributed by atoms with Crippen molar-refractivity contribution in [2.24, 2.45) is 13.0 Å². The first-order chi connectivity index (χ1) is 8.79.